The van der Waals surface area contributed by atoms with E-state index in [0.717, 1.165) is 21.7 Å². The number of aryl methyl sites for hydroxylation is 1. The highest BCUT2D eigenvalue weighted by Gasteiger charge is 2.60. The average Bonchev–Trinajstić information content (AvgIpc) is 3.28. The molecule has 2 saturated heterocycles. The Morgan fingerprint density at radius 1 is 0.806 bits per heavy atom. The summed E-state index contributed by atoms with van der Waals surface area (Å²) in [4.78, 5) is 34.1. The van der Waals surface area contributed by atoms with Gasteiger partial charge in [0, 0.05) is 0 Å². The molecule has 31 heavy (non-hydrogen) atoms. The number of halogens is 2. The van der Waals surface area contributed by atoms with Gasteiger partial charge in [0.05, 0.1) is 27.5 Å². The van der Waals surface area contributed by atoms with Crippen molar-refractivity contribution in [2.75, 3.05) is 9.96 Å². The van der Waals surface area contributed by atoms with E-state index in [-0.39, 0.29) is 10.9 Å². The number of imide groups is 1. The van der Waals surface area contributed by atoms with Crippen molar-refractivity contribution >= 4 is 46.4 Å². The molecule has 7 heteroatoms. The third kappa shape index (κ3) is 3.30. The Balaban J connectivity index is 1.58. The molecule has 5 rings (SSSR count). The molecule has 5 nitrogen and oxygen atoms in total. The van der Waals surface area contributed by atoms with Gasteiger partial charge in [-0.05, 0) is 42.8 Å². The van der Waals surface area contributed by atoms with Crippen LogP contribution in [0.4, 0.5) is 11.4 Å². The first-order chi connectivity index (χ1) is 15.0. The van der Waals surface area contributed by atoms with Crippen LogP contribution in [0.5, 0.6) is 0 Å². The molecule has 2 amide bonds. The van der Waals surface area contributed by atoms with Crippen molar-refractivity contribution in [3.63, 3.8) is 0 Å². The van der Waals surface area contributed by atoms with Crippen molar-refractivity contribution in [3.05, 3.63) is 94.0 Å². The van der Waals surface area contributed by atoms with E-state index in [1.54, 1.807) is 17.2 Å². The molecule has 0 radical (unpaired) electrons. The number of rotatable bonds is 3. The van der Waals surface area contributed by atoms with Crippen molar-refractivity contribution in [3.8, 4) is 0 Å². The number of carbonyl (C=O) groups is 2. The summed E-state index contributed by atoms with van der Waals surface area (Å²) in [7, 11) is 0. The number of nitrogens with zero attached hydrogens (tertiary/aromatic N) is 2. The number of hydrogen-bond acceptors (Lipinski definition) is 4. The van der Waals surface area contributed by atoms with Crippen LogP contribution in [-0.4, -0.2) is 17.9 Å². The Morgan fingerprint density at radius 2 is 1.52 bits per heavy atom. The molecule has 156 valence electrons. The SMILES string of the molecule is Cc1ccc([C@@H]2[C@@H]3C(=O)N(c4ccc(Cl)c(Cl)c4)C(=O)[C@H]3ON2c2ccccc2)cc1. The van der Waals surface area contributed by atoms with Crippen LogP contribution < -0.4 is 9.96 Å². The van der Waals surface area contributed by atoms with Gasteiger partial charge in [0.25, 0.3) is 5.91 Å². The molecule has 2 fully saturated rings. The maximum Gasteiger partial charge on any atom is 0.266 e. The summed E-state index contributed by atoms with van der Waals surface area (Å²) >= 11 is 12.1. The Morgan fingerprint density at radius 3 is 2.19 bits per heavy atom. The predicted octanol–water partition coefficient (Wildman–Crippen LogP) is 5.35. The first kappa shape index (κ1) is 20.1. The Labute approximate surface area is 189 Å². The number of para-hydroxylation sites is 1. The summed E-state index contributed by atoms with van der Waals surface area (Å²) in [6.07, 6.45) is -0.923. The van der Waals surface area contributed by atoms with Crippen LogP contribution in [0, 0.1) is 12.8 Å². The van der Waals surface area contributed by atoms with Crippen LogP contribution in [0.3, 0.4) is 0 Å². The Bertz CT molecular complexity index is 1170. The van der Waals surface area contributed by atoms with Crippen molar-refractivity contribution in [2.24, 2.45) is 5.92 Å². The summed E-state index contributed by atoms with van der Waals surface area (Å²) in [5, 5.41) is 2.31. The van der Waals surface area contributed by atoms with Gasteiger partial charge in [-0.2, -0.15) is 0 Å². The van der Waals surface area contributed by atoms with Gasteiger partial charge in [-0.15, -0.1) is 0 Å². The Hall–Kier alpha value is -2.86. The normalized spacial score (nSPS) is 22.9. The minimum atomic E-state index is -0.923. The van der Waals surface area contributed by atoms with E-state index >= 15 is 0 Å². The summed E-state index contributed by atoms with van der Waals surface area (Å²) in [6.45, 7) is 2.00. The maximum atomic E-state index is 13.5. The molecular weight excluding hydrogens is 435 g/mol. The van der Waals surface area contributed by atoms with Crippen LogP contribution in [0.2, 0.25) is 10.0 Å². The van der Waals surface area contributed by atoms with Crippen molar-refractivity contribution < 1.29 is 14.4 Å². The predicted molar refractivity (Wildman–Crippen MR) is 120 cm³/mol. The van der Waals surface area contributed by atoms with E-state index in [0.29, 0.717) is 10.7 Å². The topological polar surface area (TPSA) is 49.9 Å². The zero-order valence-corrected chi connectivity index (χ0v) is 18.0. The highest BCUT2D eigenvalue weighted by molar-refractivity contribution is 6.42. The fourth-order valence-electron chi connectivity index (χ4n) is 4.19. The fraction of sp³-hybridized carbons (Fsp3) is 0.167. The van der Waals surface area contributed by atoms with Gasteiger partial charge in [0.1, 0.15) is 5.92 Å². The largest absolute Gasteiger partial charge is 0.273 e. The van der Waals surface area contributed by atoms with E-state index in [1.807, 2.05) is 61.5 Å². The van der Waals surface area contributed by atoms with Gasteiger partial charge in [-0.3, -0.25) is 14.4 Å². The smallest absolute Gasteiger partial charge is 0.266 e. The summed E-state index contributed by atoms with van der Waals surface area (Å²) in [6, 6.07) is 21.7. The number of hydrogen-bond donors (Lipinski definition) is 0. The molecule has 0 saturated carbocycles. The first-order valence-electron chi connectivity index (χ1n) is 9.86. The lowest BCUT2D eigenvalue weighted by atomic mass is 9.90. The molecular formula is C24H18Cl2N2O3. The monoisotopic (exact) mass is 452 g/mol. The van der Waals surface area contributed by atoms with Gasteiger partial charge < -0.3 is 0 Å². The van der Waals surface area contributed by atoms with E-state index < -0.39 is 24.0 Å². The molecule has 0 unspecified atom stereocenters. The maximum absolute atomic E-state index is 13.5. The lowest BCUT2D eigenvalue weighted by Crippen LogP contribution is -2.37. The second-order valence-electron chi connectivity index (χ2n) is 7.68. The molecule has 2 aliphatic rings. The van der Waals surface area contributed by atoms with E-state index in [2.05, 4.69) is 0 Å². The van der Waals surface area contributed by atoms with E-state index in [9.17, 15) is 9.59 Å². The minimum Gasteiger partial charge on any atom is -0.273 e. The van der Waals surface area contributed by atoms with Gasteiger partial charge >= 0.3 is 0 Å². The molecule has 2 aliphatic heterocycles. The molecule has 3 aromatic carbocycles. The Kier molecular flexibility index (Phi) is 4.97. The van der Waals surface area contributed by atoms with Crippen LogP contribution >= 0.6 is 23.2 Å². The third-order valence-electron chi connectivity index (χ3n) is 5.71. The van der Waals surface area contributed by atoms with Crippen LogP contribution in [0.25, 0.3) is 0 Å². The summed E-state index contributed by atoms with van der Waals surface area (Å²) in [5.74, 6) is -1.42. The zero-order valence-electron chi connectivity index (χ0n) is 16.5. The lowest BCUT2D eigenvalue weighted by molar-refractivity contribution is -0.126. The number of anilines is 2. The van der Waals surface area contributed by atoms with Gasteiger partial charge in [0.15, 0.2) is 6.10 Å². The second-order valence-corrected chi connectivity index (χ2v) is 8.49. The molecule has 0 bridgehead atoms. The van der Waals surface area contributed by atoms with Crippen molar-refractivity contribution in [2.45, 2.75) is 19.1 Å². The number of amides is 2. The standard InChI is InChI=1S/C24H18Cl2N2O3/c1-14-7-9-15(10-8-14)21-20-22(31-28(21)16-5-3-2-4-6-16)24(30)27(23(20)29)17-11-12-18(25)19(26)13-17/h2-13,20-22H,1H3/t20-,21+,22-/m0/s1. The number of fused-ring (bicyclic) bond motifs is 1. The van der Waals surface area contributed by atoms with Gasteiger partial charge in [-0.1, -0.05) is 71.2 Å². The van der Waals surface area contributed by atoms with Crippen LogP contribution in [0.15, 0.2) is 72.8 Å². The number of hydroxylamine groups is 1. The van der Waals surface area contributed by atoms with Crippen LogP contribution in [0.1, 0.15) is 17.2 Å². The highest BCUT2D eigenvalue weighted by atomic mass is 35.5. The molecule has 0 aliphatic carbocycles. The summed E-state index contributed by atoms with van der Waals surface area (Å²) in [5.41, 5.74) is 3.18. The number of benzene rings is 3. The average molecular weight is 453 g/mol. The van der Waals surface area contributed by atoms with Crippen LogP contribution in [-0.2, 0) is 14.4 Å². The second kappa shape index (κ2) is 7.68. The number of carbonyl (C=O) groups excluding carboxylic acids is 2. The lowest BCUT2D eigenvalue weighted by Gasteiger charge is -2.28. The quantitative estimate of drug-likeness (QED) is 0.502. The zero-order chi connectivity index (χ0) is 21.7. The molecule has 0 aromatic heterocycles. The molecule has 3 aromatic rings. The van der Waals surface area contributed by atoms with Gasteiger partial charge in [0.2, 0.25) is 5.91 Å². The molecule has 3 atom stereocenters. The fourth-order valence-corrected chi connectivity index (χ4v) is 4.49. The van der Waals surface area contributed by atoms with Crippen molar-refractivity contribution in [1.82, 2.24) is 0 Å². The minimum absolute atomic E-state index is 0.277. The molecule has 0 N–H and O–H groups in total. The molecule has 0 spiro atoms. The highest BCUT2D eigenvalue weighted by Crippen LogP contribution is 2.47. The van der Waals surface area contributed by atoms with Gasteiger partial charge in [-0.25, -0.2) is 9.96 Å². The third-order valence-corrected chi connectivity index (χ3v) is 6.45. The summed E-state index contributed by atoms with van der Waals surface area (Å²) < 4.78 is 0. The van der Waals surface area contributed by atoms with E-state index in [4.69, 9.17) is 28.0 Å². The first-order valence-corrected chi connectivity index (χ1v) is 10.6. The van der Waals surface area contributed by atoms with Crippen molar-refractivity contribution in [1.29, 1.82) is 0 Å². The molecule has 2 heterocycles. The van der Waals surface area contributed by atoms with E-state index in [1.165, 1.54) is 6.07 Å².